The van der Waals surface area contributed by atoms with E-state index in [0.29, 0.717) is 11.3 Å². The summed E-state index contributed by atoms with van der Waals surface area (Å²) in [5, 5.41) is 19.9. The molecule has 140 valence electrons. The van der Waals surface area contributed by atoms with Crippen molar-refractivity contribution in [2.75, 3.05) is 6.61 Å². The average Bonchev–Trinajstić information content (AvgIpc) is 2.99. The minimum absolute atomic E-state index is 0.0481. The van der Waals surface area contributed by atoms with Gasteiger partial charge >= 0.3 is 12.1 Å². The van der Waals surface area contributed by atoms with Gasteiger partial charge in [-0.3, -0.25) is 4.40 Å². The Balaban J connectivity index is 2.19. The maximum absolute atomic E-state index is 12.2. The molecule has 1 amide bonds. The first-order valence-corrected chi connectivity index (χ1v) is 7.98. The van der Waals surface area contributed by atoms with Crippen LogP contribution in [0.3, 0.4) is 0 Å². The lowest BCUT2D eigenvalue weighted by atomic mass is 10.1. The molecule has 10 heteroatoms. The average molecular weight is 370 g/mol. The van der Waals surface area contributed by atoms with Crippen molar-refractivity contribution in [3.8, 4) is 12.1 Å². The number of aromatic nitrogens is 3. The van der Waals surface area contributed by atoms with E-state index in [9.17, 15) is 9.59 Å². The number of nitrogens with zero attached hydrogens (tertiary/aromatic N) is 5. The maximum Gasteiger partial charge on any atom is 0.408 e. The Morgan fingerprint density at radius 3 is 2.70 bits per heavy atom. The fraction of sp³-hybridized carbons (Fsp3) is 0.412. The van der Waals surface area contributed by atoms with Crippen LogP contribution in [0.4, 0.5) is 4.79 Å². The number of esters is 1. The third kappa shape index (κ3) is 5.68. The number of alkyl carbamates (subject to hydrolysis) is 1. The molecule has 10 nitrogen and oxygen atoms in total. The minimum atomic E-state index is -1.08. The van der Waals surface area contributed by atoms with E-state index >= 15 is 0 Å². The van der Waals surface area contributed by atoms with E-state index in [1.54, 1.807) is 37.4 Å². The molecule has 0 fully saturated rings. The maximum atomic E-state index is 12.2. The van der Waals surface area contributed by atoms with Crippen molar-refractivity contribution >= 4 is 17.8 Å². The number of hydrogen-bond donors (Lipinski definition) is 1. The van der Waals surface area contributed by atoms with Crippen molar-refractivity contribution in [3.05, 3.63) is 29.8 Å². The summed E-state index contributed by atoms with van der Waals surface area (Å²) in [5.41, 5.74) is 0.0479. The zero-order valence-corrected chi connectivity index (χ0v) is 15.1. The molecule has 2 heterocycles. The van der Waals surface area contributed by atoms with Gasteiger partial charge in [-0.1, -0.05) is 0 Å². The van der Waals surface area contributed by atoms with E-state index < -0.39 is 30.3 Å². The van der Waals surface area contributed by atoms with Crippen molar-refractivity contribution in [1.29, 1.82) is 10.5 Å². The van der Waals surface area contributed by atoms with E-state index in [0.717, 1.165) is 0 Å². The Kier molecular flexibility index (Phi) is 5.93. The number of hydrogen-bond acceptors (Lipinski definition) is 8. The van der Waals surface area contributed by atoms with Gasteiger partial charge in [-0.05, 0) is 26.3 Å². The number of carbonyl (C=O) groups is 2. The first-order chi connectivity index (χ1) is 12.7. The summed E-state index contributed by atoms with van der Waals surface area (Å²) in [4.78, 5) is 32.3. The molecule has 0 aliphatic carbocycles. The number of fused-ring (bicyclic) bond motifs is 1. The fourth-order valence-electron chi connectivity index (χ4n) is 2.17. The number of carbonyl (C=O) groups excluding carboxylic acids is 2. The van der Waals surface area contributed by atoms with Crippen LogP contribution in [0.15, 0.2) is 18.6 Å². The summed E-state index contributed by atoms with van der Waals surface area (Å²) < 4.78 is 11.5. The second-order valence-corrected chi connectivity index (χ2v) is 6.58. The lowest BCUT2D eigenvalue weighted by molar-refractivity contribution is -0.144. The van der Waals surface area contributed by atoms with E-state index in [1.165, 1.54) is 12.4 Å². The first-order valence-electron chi connectivity index (χ1n) is 7.98. The molecule has 0 unspecified atom stereocenters. The predicted octanol–water partition coefficient (Wildman–Crippen LogP) is 1.10. The molecule has 1 atom stereocenters. The summed E-state index contributed by atoms with van der Waals surface area (Å²) in [6.07, 6.45) is 3.87. The van der Waals surface area contributed by atoms with Gasteiger partial charge in [0.25, 0.3) is 0 Å². The standard InChI is InChI=1S/C17H18N6O4/c1-17(2,3)27-16(25)22-13(14(24)26-5-4-18)6-11-8-20-15-21-12(7-19)10-23(15)9-11/h8-10,13H,5-6H2,1-3H3,(H,22,25)/t13-/m0/s1. The van der Waals surface area contributed by atoms with Gasteiger partial charge in [-0.15, -0.1) is 0 Å². The molecule has 1 N–H and O–H groups in total. The number of imidazole rings is 1. The van der Waals surface area contributed by atoms with Crippen LogP contribution in [-0.2, 0) is 20.7 Å². The third-order valence-corrected chi connectivity index (χ3v) is 3.17. The second kappa shape index (κ2) is 8.15. The van der Waals surface area contributed by atoms with E-state index in [-0.39, 0.29) is 12.1 Å². The number of ether oxygens (including phenoxy) is 2. The molecule has 2 rings (SSSR count). The molecule has 0 aliphatic rings. The molecule has 27 heavy (non-hydrogen) atoms. The van der Waals surface area contributed by atoms with Gasteiger partial charge in [0.1, 0.15) is 23.8 Å². The molecule has 0 saturated heterocycles. The van der Waals surface area contributed by atoms with Crippen molar-refractivity contribution in [2.24, 2.45) is 0 Å². The number of nitriles is 2. The Labute approximate surface area is 155 Å². The largest absolute Gasteiger partial charge is 0.449 e. The van der Waals surface area contributed by atoms with Gasteiger partial charge in [-0.25, -0.2) is 14.6 Å². The highest BCUT2D eigenvalue weighted by Gasteiger charge is 2.26. The van der Waals surface area contributed by atoms with Crippen LogP contribution < -0.4 is 5.32 Å². The second-order valence-electron chi connectivity index (χ2n) is 6.58. The van der Waals surface area contributed by atoms with Crippen molar-refractivity contribution in [1.82, 2.24) is 19.7 Å². The monoisotopic (exact) mass is 370 g/mol. The molecule has 0 saturated carbocycles. The summed E-state index contributed by atoms with van der Waals surface area (Å²) in [6.45, 7) is 4.65. The summed E-state index contributed by atoms with van der Waals surface area (Å²) in [6, 6.07) is 2.54. The Bertz CT molecular complexity index is 932. The number of amides is 1. The number of rotatable bonds is 5. The number of nitrogens with one attached hydrogen (secondary N) is 1. The smallest absolute Gasteiger partial charge is 0.408 e. The van der Waals surface area contributed by atoms with Gasteiger partial charge in [0.15, 0.2) is 12.3 Å². The topological polar surface area (TPSA) is 142 Å². The van der Waals surface area contributed by atoms with E-state index in [4.69, 9.17) is 20.0 Å². The highest BCUT2D eigenvalue weighted by molar-refractivity contribution is 5.81. The van der Waals surface area contributed by atoms with Gasteiger partial charge in [0.05, 0.1) is 0 Å². The summed E-state index contributed by atoms with van der Waals surface area (Å²) >= 11 is 0. The van der Waals surface area contributed by atoms with Crippen LogP contribution in [0.1, 0.15) is 32.0 Å². The van der Waals surface area contributed by atoms with Crippen molar-refractivity contribution < 1.29 is 19.1 Å². The van der Waals surface area contributed by atoms with Crippen molar-refractivity contribution in [2.45, 2.75) is 38.8 Å². The quantitative estimate of drug-likeness (QED) is 0.771. The van der Waals surface area contributed by atoms with Crippen LogP contribution in [-0.4, -0.2) is 44.7 Å². The highest BCUT2D eigenvalue weighted by Crippen LogP contribution is 2.10. The Morgan fingerprint density at radius 2 is 2.07 bits per heavy atom. The fourth-order valence-corrected chi connectivity index (χ4v) is 2.17. The molecule has 2 aromatic heterocycles. The summed E-state index contributed by atoms with van der Waals surface area (Å²) in [5.74, 6) is -0.440. The zero-order chi connectivity index (χ0) is 20.0. The molecule has 0 aromatic carbocycles. The predicted molar refractivity (Wildman–Crippen MR) is 91.1 cm³/mol. The SMILES string of the molecule is CC(C)(C)OC(=O)N[C@@H](Cc1cnc2nc(C#N)cn2c1)C(=O)OCC#N. The zero-order valence-electron chi connectivity index (χ0n) is 15.1. The van der Waals surface area contributed by atoms with Gasteiger partial charge in [-0.2, -0.15) is 15.5 Å². The van der Waals surface area contributed by atoms with E-state index in [1.807, 2.05) is 6.07 Å². The molecule has 0 aliphatic heterocycles. The molecule has 2 aromatic rings. The lowest BCUT2D eigenvalue weighted by Crippen LogP contribution is -2.45. The summed E-state index contributed by atoms with van der Waals surface area (Å²) in [7, 11) is 0. The Hall–Kier alpha value is -3.66. The van der Waals surface area contributed by atoms with Crippen LogP contribution in [0.25, 0.3) is 5.78 Å². The molecule has 0 bridgehead atoms. The van der Waals surface area contributed by atoms with Crippen LogP contribution >= 0.6 is 0 Å². The van der Waals surface area contributed by atoms with E-state index in [2.05, 4.69) is 15.3 Å². The Morgan fingerprint density at radius 1 is 1.33 bits per heavy atom. The van der Waals surface area contributed by atoms with Gasteiger partial charge < -0.3 is 14.8 Å². The minimum Gasteiger partial charge on any atom is -0.449 e. The lowest BCUT2D eigenvalue weighted by Gasteiger charge is -2.22. The third-order valence-electron chi connectivity index (χ3n) is 3.17. The van der Waals surface area contributed by atoms with Crippen LogP contribution in [0, 0.1) is 22.7 Å². The molecular weight excluding hydrogens is 352 g/mol. The van der Waals surface area contributed by atoms with Gasteiger partial charge in [0, 0.05) is 25.0 Å². The first kappa shape index (κ1) is 19.7. The van der Waals surface area contributed by atoms with Gasteiger partial charge in [0.2, 0.25) is 5.78 Å². The molecule has 0 spiro atoms. The highest BCUT2D eigenvalue weighted by atomic mass is 16.6. The van der Waals surface area contributed by atoms with Crippen LogP contribution in [0.2, 0.25) is 0 Å². The normalized spacial score (nSPS) is 11.9. The van der Waals surface area contributed by atoms with Crippen LogP contribution in [0.5, 0.6) is 0 Å². The van der Waals surface area contributed by atoms with Crippen molar-refractivity contribution in [3.63, 3.8) is 0 Å². The molecule has 0 radical (unpaired) electrons. The molecular formula is C17H18N6O4.